The first kappa shape index (κ1) is 13.5. The molecule has 94 valence electrons. The third-order valence-electron chi connectivity index (χ3n) is 2.73. The molecule has 2 amide bonds. The molecule has 0 saturated heterocycles. The van der Waals surface area contributed by atoms with Crippen molar-refractivity contribution in [1.82, 2.24) is 5.32 Å². The first-order chi connectivity index (χ1) is 8.19. The lowest BCUT2D eigenvalue weighted by Gasteiger charge is -2.15. The molecular formula is C13H20N2O2. The number of rotatable bonds is 5. The van der Waals surface area contributed by atoms with E-state index in [-0.39, 0.29) is 12.8 Å². The van der Waals surface area contributed by atoms with Gasteiger partial charge in [-0.25, -0.2) is 4.79 Å². The van der Waals surface area contributed by atoms with Gasteiger partial charge in [0.25, 0.3) is 0 Å². The fraction of sp³-hybridized carbons (Fsp3) is 0.462. The van der Waals surface area contributed by atoms with Crippen LogP contribution in [-0.2, 0) is 4.74 Å². The number of amides is 2. The smallest absolute Gasteiger partial charge is 0.321 e. The van der Waals surface area contributed by atoms with Crippen molar-refractivity contribution in [3.05, 3.63) is 29.8 Å². The Hall–Kier alpha value is -1.55. The standard InChI is InChI=1S/C13H20N2O2/c1-4-10(2)11-7-5-6-8-12(11)15-13(16)14-9-17-3/h5-8,10H,4,9H2,1-3H3,(H2,14,15,16). The van der Waals surface area contributed by atoms with E-state index in [1.165, 1.54) is 7.11 Å². The van der Waals surface area contributed by atoms with Crippen LogP contribution in [0.25, 0.3) is 0 Å². The minimum Gasteiger partial charge on any atom is -0.364 e. The molecule has 0 spiro atoms. The maximum Gasteiger partial charge on any atom is 0.321 e. The molecule has 0 heterocycles. The van der Waals surface area contributed by atoms with Gasteiger partial charge in [-0.1, -0.05) is 32.0 Å². The van der Waals surface area contributed by atoms with E-state index in [1.54, 1.807) is 0 Å². The number of nitrogens with one attached hydrogen (secondary N) is 2. The molecule has 1 aromatic rings. The van der Waals surface area contributed by atoms with Crippen LogP contribution in [0.15, 0.2) is 24.3 Å². The van der Waals surface area contributed by atoms with Gasteiger partial charge in [-0.2, -0.15) is 0 Å². The molecule has 0 fully saturated rings. The summed E-state index contributed by atoms with van der Waals surface area (Å²) in [4.78, 5) is 11.5. The van der Waals surface area contributed by atoms with E-state index >= 15 is 0 Å². The SMILES string of the molecule is CCC(C)c1ccccc1NC(=O)NCOC. The van der Waals surface area contributed by atoms with E-state index in [1.807, 2.05) is 24.3 Å². The molecule has 2 N–H and O–H groups in total. The molecule has 4 nitrogen and oxygen atoms in total. The number of hydrogen-bond acceptors (Lipinski definition) is 2. The molecule has 0 aliphatic heterocycles. The minimum atomic E-state index is -0.248. The van der Waals surface area contributed by atoms with Crippen molar-refractivity contribution in [3.8, 4) is 0 Å². The lowest BCUT2D eigenvalue weighted by molar-refractivity contribution is 0.177. The summed E-state index contributed by atoms with van der Waals surface area (Å²) in [7, 11) is 1.54. The number of carbonyl (C=O) groups excluding carboxylic acids is 1. The van der Waals surface area contributed by atoms with Crippen LogP contribution in [-0.4, -0.2) is 19.9 Å². The molecule has 1 aromatic carbocycles. The van der Waals surface area contributed by atoms with Gasteiger partial charge in [-0.3, -0.25) is 0 Å². The first-order valence-electron chi connectivity index (χ1n) is 5.81. The highest BCUT2D eigenvalue weighted by atomic mass is 16.5. The van der Waals surface area contributed by atoms with Crippen molar-refractivity contribution in [3.63, 3.8) is 0 Å². The van der Waals surface area contributed by atoms with Crippen molar-refractivity contribution in [1.29, 1.82) is 0 Å². The normalized spacial score (nSPS) is 11.9. The Bertz CT molecular complexity index is 366. The highest BCUT2D eigenvalue weighted by Gasteiger charge is 2.10. The summed E-state index contributed by atoms with van der Waals surface area (Å²) < 4.78 is 4.78. The van der Waals surface area contributed by atoms with Gasteiger partial charge in [-0.05, 0) is 24.0 Å². The second-order valence-electron chi connectivity index (χ2n) is 3.96. The molecule has 0 bridgehead atoms. The maximum absolute atomic E-state index is 11.5. The van der Waals surface area contributed by atoms with Crippen molar-refractivity contribution >= 4 is 11.7 Å². The molecule has 0 radical (unpaired) electrons. The predicted octanol–water partition coefficient (Wildman–Crippen LogP) is 2.93. The molecule has 0 saturated carbocycles. The van der Waals surface area contributed by atoms with Crippen LogP contribution in [0.4, 0.5) is 10.5 Å². The number of anilines is 1. The summed E-state index contributed by atoms with van der Waals surface area (Å²) >= 11 is 0. The second-order valence-corrected chi connectivity index (χ2v) is 3.96. The fourth-order valence-electron chi connectivity index (χ4n) is 1.56. The Balaban J connectivity index is 2.73. The second kappa shape index (κ2) is 6.91. The number of hydrogen-bond donors (Lipinski definition) is 2. The van der Waals surface area contributed by atoms with Gasteiger partial charge in [0.05, 0.1) is 0 Å². The maximum atomic E-state index is 11.5. The van der Waals surface area contributed by atoms with E-state index in [4.69, 9.17) is 4.74 Å². The lowest BCUT2D eigenvalue weighted by Crippen LogP contribution is -2.30. The molecule has 1 unspecified atom stereocenters. The Labute approximate surface area is 102 Å². The van der Waals surface area contributed by atoms with E-state index in [2.05, 4.69) is 24.5 Å². The Morgan fingerprint density at radius 3 is 2.76 bits per heavy atom. The zero-order chi connectivity index (χ0) is 12.7. The number of methoxy groups -OCH3 is 1. The summed E-state index contributed by atoms with van der Waals surface area (Å²) in [5.74, 6) is 0.425. The zero-order valence-electron chi connectivity index (χ0n) is 10.6. The van der Waals surface area contributed by atoms with Crippen molar-refractivity contribution in [2.75, 3.05) is 19.2 Å². The van der Waals surface area contributed by atoms with E-state index in [0.717, 1.165) is 17.7 Å². The van der Waals surface area contributed by atoms with Gasteiger partial charge < -0.3 is 15.4 Å². The molecule has 0 aliphatic carbocycles. The van der Waals surface area contributed by atoms with E-state index in [0.29, 0.717) is 5.92 Å². The Morgan fingerprint density at radius 1 is 1.41 bits per heavy atom. The first-order valence-corrected chi connectivity index (χ1v) is 5.81. The van der Waals surface area contributed by atoms with Crippen LogP contribution < -0.4 is 10.6 Å². The third kappa shape index (κ3) is 4.07. The average molecular weight is 236 g/mol. The summed E-state index contributed by atoms with van der Waals surface area (Å²) in [6.07, 6.45) is 1.04. The van der Waals surface area contributed by atoms with Crippen molar-refractivity contribution < 1.29 is 9.53 Å². The molecule has 17 heavy (non-hydrogen) atoms. The number of para-hydroxylation sites is 1. The summed E-state index contributed by atoms with van der Waals surface area (Å²) in [5.41, 5.74) is 2.01. The summed E-state index contributed by atoms with van der Waals surface area (Å²) in [5, 5.41) is 5.42. The van der Waals surface area contributed by atoms with Crippen molar-refractivity contribution in [2.45, 2.75) is 26.2 Å². The Kier molecular flexibility index (Phi) is 5.49. The van der Waals surface area contributed by atoms with E-state index in [9.17, 15) is 4.79 Å². The van der Waals surface area contributed by atoms with Gasteiger partial charge in [0.1, 0.15) is 6.73 Å². The van der Waals surface area contributed by atoms with Crippen LogP contribution in [0, 0.1) is 0 Å². The molecule has 1 rings (SSSR count). The van der Waals surface area contributed by atoms with Crippen LogP contribution in [0.5, 0.6) is 0 Å². The lowest BCUT2D eigenvalue weighted by atomic mass is 9.97. The van der Waals surface area contributed by atoms with Crippen LogP contribution >= 0.6 is 0 Å². The largest absolute Gasteiger partial charge is 0.364 e. The van der Waals surface area contributed by atoms with Gasteiger partial charge in [0.2, 0.25) is 0 Å². The van der Waals surface area contributed by atoms with Crippen LogP contribution in [0.2, 0.25) is 0 Å². The zero-order valence-corrected chi connectivity index (χ0v) is 10.6. The summed E-state index contributed by atoms with van der Waals surface area (Å²) in [6.45, 7) is 4.48. The van der Waals surface area contributed by atoms with E-state index < -0.39 is 0 Å². The highest BCUT2D eigenvalue weighted by Crippen LogP contribution is 2.26. The minimum absolute atomic E-state index is 0.206. The van der Waals surface area contributed by atoms with Gasteiger partial charge in [0, 0.05) is 12.8 Å². The van der Waals surface area contributed by atoms with Crippen LogP contribution in [0.3, 0.4) is 0 Å². The predicted molar refractivity (Wildman–Crippen MR) is 69.2 cm³/mol. The molecule has 0 aliphatic rings. The third-order valence-corrected chi connectivity index (χ3v) is 2.73. The highest BCUT2D eigenvalue weighted by molar-refractivity contribution is 5.90. The number of ether oxygens (including phenoxy) is 1. The monoisotopic (exact) mass is 236 g/mol. The fourth-order valence-corrected chi connectivity index (χ4v) is 1.56. The summed E-state index contributed by atoms with van der Waals surface area (Å²) in [6, 6.07) is 7.61. The quantitative estimate of drug-likeness (QED) is 0.772. The molecule has 4 heteroatoms. The topological polar surface area (TPSA) is 50.4 Å². The molecule has 1 atom stereocenters. The number of urea groups is 1. The molecule has 0 aromatic heterocycles. The van der Waals surface area contributed by atoms with Gasteiger partial charge >= 0.3 is 6.03 Å². The van der Waals surface area contributed by atoms with Gasteiger partial charge in [0.15, 0.2) is 0 Å². The van der Waals surface area contributed by atoms with Crippen LogP contribution in [0.1, 0.15) is 31.7 Å². The average Bonchev–Trinajstić information content (AvgIpc) is 2.36. The number of carbonyl (C=O) groups is 1. The number of benzene rings is 1. The van der Waals surface area contributed by atoms with Crippen molar-refractivity contribution in [2.24, 2.45) is 0 Å². The Morgan fingerprint density at radius 2 is 2.12 bits per heavy atom. The van der Waals surface area contributed by atoms with Gasteiger partial charge in [-0.15, -0.1) is 0 Å². The molecular weight excluding hydrogens is 216 g/mol.